The molecule has 1 atom stereocenters. The summed E-state index contributed by atoms with van der Waals surface area (Å²) in [5.41, 5.74) is 0.669. The van der Waals surface area contributed by atoms with Gasteiger partial charge >= 0.3 is 12.0 Å². The van der Waals surface area contributed by atoms with Crippen LogP contribution in [0.2, 0.25) is 0 Å². The van der Waals surface area contributed by atoms with E-state index in [0.717, 1.165) is 6.42 Å². The van der Waals surface area contributed by atoms with Crippen molar-refractivity contribution in [2.75, 3.05) is 13.1 Å². The lowest BCUT2D eigenvalue weighted by Gasteiger charge is -2.30. The van der Waals surface area contributed by atoms with E-state index in [1.807, 2.05) is 0 Å². The summed E-state index contributed by atoms with van der Waals surface area (Å²) in [6.45, 7) is 1.15. The number of hydrogen-bond acceptors (Lipinski definition) is 4. The van der Waals surface area contributed by atoms with Gasteiger partial charge in [0, 0.05) is 19.3 Å². The molecule has 2 heterocycles. The smallest absolute Gasteiger partial charge is 0.317 e. The quantitative estimate of drug-likeness (QED) is 0.828. The molecule has 7 nitrogen and oxygen atoms in total. The third-order valence-electron chi connectivity index (χ3n) is 3.11. The first kappa shape index (κ1) is 13.3. The lowest BCUT2D eigenvalue weighted by Crippen LogP contribution is -2.46. The average Bonchev–Trinajstić information content (AvgIpc) is 2.46. The molecule has 0 aromatic carbocycles. The zero-order chi connectivity index (χ0) is 13.7. The Labute approximate surface area is 110 Å². The number of rotatable bonds is 3. The van der Waals surface area contributed by atoms with Crippen LogP contribution in [0.3, 0.4) is 0 Å². The van der Waals surface area contributed by atoms with Crippen molar-refractivity contribution in [3.05, 3.63) is 24.0 Å². The van der Waals surface area contributed by atoms with Crippen molar-refractivity contribution in [3.63, 3.8) is 0 Å². The highest BCUT2D eigenvalue weighted by Gasteiger charge is 2.27. The second-order valence-corrected chi connectivity index (χ2v) is 4.50. The molecular formula is C12H16N4O3. The zero-order valence-corrected chi connectivity index (χ0v) is 10.5. The highest BCUT2D eigenvalue weighted by molar-refractivity contribution is 5.76. The van der Waals surface area contributed by atoms with Crippen LogP contribution in [0.25, 0.3) is 0 Å². The first-order chi connectivity index (χ1) is 9.16. The molecule has 2 amide bonds. The molecule has 0 spiro atoms. The van der Waals surface area contributed by atoms with Gasteiger partial charge in [-0.15, -0.1) is 0 Å². The molecule has 2 N–H and O–H groups in total. The van der Waals surface area contributed by atoms with Crippen LogP contribution in [0.1, 0.15) is 18.5 Å². The topological polar surface area (TPSA) is 95.4 Å². The zero-order valence-electron chi connectivity index (χ0n) is 10.5. The predicted molar refractivity (Wildman–Crippen MR) is 66.2 cm³/mol. The van der Waals surface area contributed by atoms with Crippen LogP contribution < -0.4 is 5.32 Å². The van der Waals surface area contributed by atoms with E-state index in [9.17, 15) is 9.59 Å². The molecule has 1 saturated heterocycles. The van der Waals surface area contributed by atoms with E-state index in [-0.39, 0.29) is 12.6 Å². The van der Waals surface area contributed by atoms with Crippen molar-refractivity contribution in [2.45, 2.75) is 19.4 Å². The molecular weight excluding hydrogens is 248 g/mol. The molecule has 2 rings (SSSR count). The maximum absolute atomic E-state index is 11.9. The van der Waals surface area contributed by atoms with Crippen molar-refractivity contribution in [2.24, 2.45) is 5.92 Å². The number of likely N-dealkylation sites (tertiary alicyclic amines) is 1. The largest absolute Gasteiger partial charge is 0.481 e. The molecule has 7 heteroatoms. The van der Waals surface area contributed by atoms with E-state index < -0.39 is 11.9 Å². The predicted octanol–water partition coefficient (Wildman–Crippen LogP) is 0.483. The molecule has 0 saturated carbocycles. The van der Waals surface area contributed by atoms with Crippen molar-refractivity contribution in [1.29, 1.82) is 0 Å². The number of carbonyl (C=O) groups is 2. The average molecular weight is 264 g/mol. The summed E-state index contributed by atoms with van der Waals surface area (Å²) in [5.74, 6) is -1.30. The Morgan fingerprint density at radius 3 is 3.05 bits per heavy atom. The number of aromatic nitrogens is 2. The van der Waals surface area contributed by atoms with Gasteiger partial charge in [-0.3, -0.25) is 4.79 Å². The summed E-state index contributed by atoms with van der Waals surface area (Å²) in [4.78, 5) is 24.4. The lowest BCUT2D eigenvalue weighted by atomic mass is 9.99. The van der Waals surface area contributed by atoms with Gasteiger partial charge in [0.25, 0.3) is 0 Å². The fraction of sp³-hybridized carbons (Fsp3) is 0.500. The molecule has 0 aliphatic carbocycles. The number of amides is 2. The summed E-state index contributed by atoms with van der Waals surface area (Å²) in [6, 6.07) is 3.26. The van der Waals surface area contributed by atoms with E-state index in [0.29, 0.717) is 25.2 Å². The first-order valence-corrected chi connectivity index (χ1v) is 6.19. The molecule has 102 valence electrons. The summed E-state index contributed by atoms with van der Waals surface area (Å²) in [7, 11) is 0. The van der Waals surface area contributed by atoms with E-state index in [2.05, 4.69) is 15.5 Å². The maximum atomic E-state index is 11.9. The Kier molecular flexibility index (Phi) is 4.27. The van der Waals surface area contributed by atoms with Crippen molar-refractivity contribution < 1.29 is 14.7 Å². The fourth-order valence-corrected chi connectivity index (χ4v) is 2.07. The molecule has 1 aliphatic rings. The number of hydrogen-bond donors (Lipinski definition) is 2. The van der Waals surface area contributed by atoms with Gasteiger partial charge in [0.1, 0.15) is 0 Å². The van der Waals surface area contributed by atoms with Crippen LogP contribution in [0.15, 0.2) is 18.3 Å². The van der Waals surface area contributed by atoms with Crippen LogP contribution in [-0.2, 0) is 11.3 Å². The minimum Gasteiger partial charge on any atom is -0.481 e. The SMILES string of the molecule is O=C(O)[C@@H]1CCCN(C(=O)NCc2cccnn2)C1. The first-order valence-electron chi connectivity index (χ1n) is 6.19. The third kappa shape index (κ3) is 3.64. The second-order valence-electron chi connectivity index (χ2n) is 4.50. The number of carboxylic acids is 1. The Balaban J connectivity index is 1.84. The van der Waals surface area contributed by atoms with E-state index in [1.54, 1.807) is 23.2 Å². The molecule has 1 aliphatic heterocycles. The Hall–Kier alpha value is -2.18. The molecule has 1 aromatic rings. The van der Waals surface area contributed by atoms with Crippen LogP contribution in [0.4, 0.5) is 4.79 Å². The molecule has 1 aromatic heterocycles. The lowest BCUT2D eigenvalue weighted by molar-refractivity contribution is -0.143. The standard InChI is InChI=1S/C12H16N4O3/c17-11(18)9-3-2-6-16(8-9)12(19)13-7-10-4-1-5-14-15-10/h1,4-5,9H,2-3,6-8H2,(H,13,19)(H,17,18)/t9-/m1/s1. The van der Waals surface area contributed by atoms with Gasteiger partial charge in [-0.25, -0.2) is 4.79 Å². The summed E-state index contributed by atoms with van der Waals surface area (Å²) >= 11 is 0. The number of piperidine rings is 1. The van der Waals surface area contributed by atoms with Crippen LogP contribution in [-0.4, -0.2) is 45.3 Å². The number of urea groups is 1. The summed E-state index contributed by atoms with van der Waals surface area (Å²) in [6.07, 6.45) is 2.91. The van der Waals surface area contributed by atoms with Crippen molar-refractivity contribution in [3.8, 4) is 0 Å². The van der Waals surface area contributed by atoms with Gasteiger partial charge in [0.15, 0.2) is 0 Å². The maximum Gasteiger partial charge on any atom is 0.317 e. The number of nitrogens with zero attached hydrogens (tertiary/aromatic N) is 3. The minimum absolute atomic E-state index is 0.253. The van der Waals surface area contributed by atoms with Crippen LogP contribution >= 0.6 is 0 Å². The van der Waals surface area contributed by atoms with Gasteiger partial charge in [0.2, 0.25) is 0 Å². The minimum atomic E-state index is -0.841. The molecule has 0 bridgehead atoms. The normalized spacial score (nSPS) is 18.9. The second kappa shape index (κ2) is 6.12. The van der Waals surface area contributed by atoms with Gasteiger partial charge in [-0.05, 0) is 25.0 Å². The number of carbonyl (C=O) groups excluding carboxylic acids is 1. The van der Waals surface area contributed by atoms with E-state index >= 15 is 0 Å². The summed E-state index contributed by atoms with van der Waals surface area (Å²) < 4.78 is 0. The summed E-state index contributed by atoms with van der Waals surface area (Å²) in [5, 5.41) is 19.3. The van der Waals surface area contributed by atoms with Gasteiger partial charge in [-0.2, -0.15) is 10.2 Å². The van der Waals surface area contributed by atoms with Crippen molar-refractivity contribution >= 4 is 12.0 Å². The van der Waals surface area contributed by atoms with Crippen molar-refractivity contribution in [1.82, 2.24) is 20.4 Å². The third-order valence-corrected chi connectivity index (χ3v) is 3.11. The Morgan fingerprint density at radius 2 is 2.37 bits per heavy atom. The Bertz CT molecular complexity index is 452. The highest BCUT2D eigenvalue weighted by atomic mass is 16.4. The molecule has 0 radical (unpaired) electrons. The van der Waals surface area contributed by atoms with Crippen LogP contribution in [0, 0.1) is 5.92 Å². The highest BCUT2D eigenvalue weighted by Crippen LogP contribution is 2.16. The Morgan fingerprint density at radius 1 is 1.53 bits per heavy atom. The monoisotopic (exact) mass is 264 g/mol. The fourth-order valence-electron chi connectivity index (χ4n) is 2.07. The van der Waals surface area contributed by atoms with E-state index in [4.69, 9.17) is 5.11 Å². The van der Waals surface area contributed by atoms with Crippen LogP contribution in [0.5, 0.6) is 0 Å². The number of nitrogens with one attached hydrogen (secondary N) is 1. The van der Waals surface area contributed by atoms with Gasteiger partial charge in [-0.1, -0.05) is 0 Å². The molecule has 19 heavy (non-hydrogen) atoms. The molecule has 0 unspecified atom stereocenters. The number of aliphatic carboxylic acids is 1. The van der Waals surface area contributed by atoms with Gasteiger partial charge < -0.3 is 15.3 Å². The van der Waals surface area contributed by atoms with Gasteiger partial charge in [0.05, 0.1) is 18.2 Å². The number of carboxylic acid groups (broad SMARTS) is 1. The molecule has 1 fully saturated rings. The van der Waals surface area contributed by atoms with E-state index in [1.165, 1.54) is 0 Å².